The molecule has 0 aromatic rings. The molecule has 2 saturated carbocycles. The molecule has 0 saturated heterocycles. The van der Waals surface area contributed by atoms with Crippen molar-refractivity contribution < 1.29 is 0 Å². The quantitative estimate of drug-likeness (QED) is 0.507. The molecule has 2 aliphatic rings. The van der Waals surface area contributed by atoms with Crippen molar-refractivity contribution in [2.75, 3.05) is 0 Å². The Balaban J connectivity index is 2.23. The third-order valence-electron chi connectivity index (χ3n) is 4.49. The predicted octanol–water partition coefficient (Wildman–Crippen LogP) is 3.32. The highest BCUT2D eigenvalue weighted by atomic mass is 31.0. The van der Waals surface area contributed by atoms with Gasteiger partial charge in [0.25, 0.3) is 0 Å². The molecule has 2 bridgehead atoms. The molecule has 2 fully saturated rings. The fraction of sp³-hybridized carbons (Fsp3) is 1.00. The second kappa shape index (κ2) is 2.71. The van der Waals surface area contributed by atoms with Gasteiger partial charge in [0.1, 0.15) is 0 Å². The Kier molecular flexibility index (Phi) is 2.03. The molecule has 2 aliphatic carbocycles. The van der Waals surface area contributed by atoms with Gasteiger partial charge >= 0.3 is 0 Å². The molecular formula is C11H21P. The van der Waals surface area contributed by atoms with Crippen LogP contribution in [0.2, 0.25) is 0 Å². The standard InChI is InChI=1S/C11H21P/c1-7-4-9(3)11(12)5-8(2)10(7)6-11/h7-10H,4-6,12H2,1-3H3. The number of hydrogen-bond acceptors (Lipinski definition) is 0. The van der Waals surface area contributed by atoms with E-state index in [9.17, 15) is 0 Å². The van der Waals surface area contributed by atoms with E-state index in [1.54, 1.807) is 0 Å². The van der Waals surface area contributed by atoms with E-state index in [-0.39, 0.29) is 0 Å². The van der Waals surface area contributed by atoms with Crippen molar-refractivity contribution in [2.45, 2.75) is 45.2 Å². The molecule has 2 rings (SSSR count). The minimum atomic E-state index is 0.622. The third-order valence-corrected chi connectivity index (χ3v) is 5.53. The van der Waals surface area contributed by atoms with Crippen LogP contribution in [0.15, 0.2) is 0 Å². The average molecular weight is 184 g/mol. The molecule has 0 aromatic heterocycles. The van der Waals surface area contributed by atoms with Crippen molar-refractivity contribution >= 4 is 9.24 Å². The molecule has 0 heterocycles. The van der Waals surface area contributed by atoms with Crippen LogP contribution in [0.1, 0.15) is 40.0 Å². The van der Waals surface area contributed by atoms with E-state index in [0.29, 0.717) is 5.16 Å². The van der Waals surface area contributed by atoms with Gasteiger partial charge in [0.05, 0.1) is 0 Å². The Hall–Kier alpha value is 0.430. The Morgan fingerprint density at radius 1 is 1.08 bits per heavy atom. The van der Waals surface area contributed by atoms with Gasteiger partial charge in [-0.1, -0.05) is 20.8 Å². The van der Waals surface area contributed by atoms with Crippen LogP contribution in [0.5, 0.6) is 0 Å². The maximum Gasteiger partial charge on any atom is -0.0119 e. The van der Waals surface area contributed by atoms with E-state index < -0.39 is 0 Å². The fourth-order valence-electron chi connectivity index (χ4n) is 3.61. The maximum absolute atomic E-state index is 3.16. The lowest BCUT2D eigenvalue weighted by Gasteiger charge is -2.39. The monoisotopic (exact) mass is 184 g/mol. The molecule has 12 heavy (non-hydrogen) atoms. The summed E-state index contributed by atoms with van der Waals surface area (Å²) in [6, 6.07) is 0. The summed E-state index contributed by atoms with van der Waals surface area (Å²) < 4.78 is 0. The molecule has 0 amide bonds. The highest BCUT2D eigenvalue weighted by molar-refractivity contribution is 7.19. The summed E-state index contributed by atoms with van der Waals surface area (Å²) in [5, 5.41) is 0.622. The van der Waals surface area contributed by atoms with E-state index in [2.05, 4.69) is 30.0 Å². The first-order valence-electron chi connectivity index (χ1n) is 5.32. The van der Waals surface area contributed by atoms with Crippen molar-refractivity contribution in [3.8, 4) is 0 Å². The Morgan fingerprint density at radius 2 is 1.75 bits per heavy atom. The zero-order valence-electron chi connectivity index (χ0n) is 8.51. The molecule has 6 unspecified atom stereocenters. The second-order valence-electron chi connectivity index (χ2n) is 5.40. The summed E-state index contributed by atoms with van der Waals surface area (Å²) in [6.45, 7) is 7.34. The lowest BCUT2D eigenvalue weighted by Crippen LogP contribution is -2.33. The van der Waals surface area contributed by atoms with Gasteiger partial charge in [-0.15, -0.1) is 9.24 Å². The topological polar surface area (TPSA) is 0 Å². The summed E-state index contributed by atoms with van der Waals surface area (Å²) in [5.41, 5.74) is 0. The van der Waals surface area contributed by atoms with E-state index in [1.165, 1.54) is 19.3 Å². The van der Waals surface area contributed by atoms with Crippen LogP contribution in [-0.2, 0) is 0 Å². The van der Waals surface area contributed by atoms with Gasteiger partial charge in [0.2, 0.25) is 0 Å². The van der Waals surface area contributed by atoms with Gasteiger partial charge in [-0.05, 0) is 48.1 Å². The second-order valence-corrected chi connectivity index (χ2v) is 6.55. The lowest BCUT2D eigenvalue weighted by atomic mass is 9.73. The fourth-order valence-corrected chi connectivity index (χ4v) is 4.39. The summed E-state index contributed by atoms with van der Waals surface area (Å²) in [6.07, 6.45) is 4.38. The first-order chi connectivity index (χ1) is 5.53. The van der Waals surface area contributed by atoms with Crippen molar-refractivity contribution in [3.05, 3.63) is 0 Å². The van der Waals surface area contributed by atoms with Gasteiger partial charge in [0.15, 0.2) is 0 Å². The Morgan fingerprint density at radius 3 is 2.42 bits per heavy atom. The summed E-state index contributed by atoms with van der Waals surface area (Å²) in [4.78, 5) is 0. The van der Waals surface area contributed by atoms with Crippen molar-refractivity contribution in [2.24, 2.45) is 23.7 Å². The van der Waals surface area contributed by atoms with Gasteiger partial charge in [-0.3, -0.25) is 0 Å². The summed E-state index contributed by atoms with van der Waals surface area (Å²) in [7, 11) is 3.16. The van der Waals surface area contributed by atoms with Crippen LogP contribution in [0.25, 0.3) is 0 Å². The van der Waals surface area contributed by atoms with E-state index in [0.717, 1.165) is 23.7 Å². The van der Waals surface area contributed by atoms with Crippen LogP contribution >= 0.6 is 9.24 Å². The van der Waals surface area contributed by atoms with Gasteiger partial charge in [0, 0.05) is 0 Å². The first-order valence-corrected chi connectivity index (χ1v) is 5.89. The molecule has 6 atom stereocenters. The molecule has 0 N–H and O–H groups in total. The van der Waals surface area contributed by atoms with Crippen molar-refractivity contribution in [1.29, 1.82) is 0 Å². The molecule has 0 radical (unpaired) electrons. The van der Waals surface area contributed by atoms with Crippen molar-refractivity contribution in [1.82, 2.24) is 0 Å². The predicted molar refractivity (Wildman–Crippen MR) is 57.3 cm³/mol. The molecule has 0 nitrogen and oxygen atoms in total. The van der Waals surface area contributed by atoms with Crippen LogP contribution in [0.3, 0.4) is 0 Å². The van der Waals surface area contributed by atoms with Crippen molar-refractivity contribution in [3.63, 3.8) is 0 Å². The number of fused-ring (bicyclic) bond motifs is 2. The highest BCUT2D eigenvalue weighted by Crippen LogP contribution is 2.57. The largest absolute Gasteiger partial charge is 0.131 e. The van der Waals surface area contributed by atoms with E-state index in [4.69, 9.17) is 0 Å². The third kappa shape index (κ3) is 1.15. The SMILES string of the molecule is CC1CC(C)C2(P)CC(C)C1C2. The zero-order valence-corrected chi connectivity index (χ0v) is 9.66. The Bertz CT molecular complexity index is 185. The normalized spacial score (nSPS) is 59.0. The summed E-state index contributed by atoms with van der Waals surface area (Å²) >= 11 is 0. The molecule has 1 heteroatoms. The molecule has 0 aliphatic heterocycles. The first kappa shape index (κ1) is 9.00. The van der Waals surface area contributed by atoms with E-state index in [1.807, 2.05) is 0 Å². The number of hydrogen-bond donors (Lipinski definition) is 0. The molecule has 70 valence electrons. The minimum absolute atomic E-state index is 0.622. The smallest absolute Gasteiger partial charge is 0.0119 e. The molecular weight excluding hydrogens is 163 g/mol. The maximum atomic E-state index is 3.16. The van der Waals surface area contributed by atoms with Crippen LogP contribution < -0.4 is 0 Å². The van der Waals surface area contributed by atoms with Gasteiger partial charge < -0.3 is 0 Å². The molecule has 0 aromatic carbocycles. The van der Waals surface area contributed by atoms with E-state index >= 15 is 0 Å². The Labute approximate surface area is 78.7 Å². The summed E-state index contributed by atoms with van der Waals surface area (Å²) in [5.74, 6) is 3.91. The minimum Gasteiger partial charge on any atom is -0.131 e. The average Bonchev–Trinajstić information content (AvgIpc) is 2.23. The van der Waals surface area contributed by atoms with Crippen LogP contribution in [-0.4, -0.2) is 5.16 Å². The number of rotatable bonds is 0. The lowest BCUT2D eigenvalue weighted by molar-refractivity contribution is 0.201. The molecule has 0 spiro atoms. The highest BCUT2D eigenvalue weighted by Gasteiger charge is 2.49. The zero-order chi connectivity index (χ0) is 8.93. The van der Waals surface area contributed by atoms with Gasteiger partial charge in [-0.25, -0.2) is 0 Å². The van der Waals surface area contributed by atoms with Crippen LogP contribution in [0.4, 0.5) is 0 Å². The van der Waals surface area contributed by atoms with Crippen LogP contribution in [0, 0.1) is 23.7 Å². The van der Waals surface area contributed by atoms with Gasteiger partial charge in [-0.2, -0.15) is 0 Å².